The summed E-state index contributed by atoms with van der Waals surface area (Å²) in [6, 6.07) is 0.444. The van der Waals surface area contributed by atoms with Crippen LogP contribution in [-0.4, -0.2) is 46.3 Å². The number of rotatable bonds is 4. The Morgan fingerprint density at radius 2 is 2.44 bits per heavy atom. The van der Waals surface area contributed by atoms with Crippen molar-refractivity contribution < 1.29 is 4.79 Å². The molecule has 1 atom stereocenters. The van der Waals surface area contributed by atoms with Gasteiger partial charge in [0, 0.05) is 32.4 Å². The Kier molecular flexibility index (Phi) is 4.36. The van der Waals surface area contributed by atoms with Crippen molar-refractivity contribution in [2.24, 2.45) is 7.05 Å². The molecule has 0 saturated carbocycles. The molecule has 1 aliphatic rings. The molecule has 0 spiro atoms. The van der Waals surface area contributed by atoms with E-state index in [2.05, 4.69) is 10.4 Å². The second-order valence-electron chi connectivity index (χ2n) is 4.89. The van der Waals surface area contributed by atoms with E-state index in [1.165, 1.54) is 12.8 Å². The number of hydrogen-bond acceptors (Lipinski definition) is 3. The molecule has 1 saturated heterocycles. The van der Waals surface area contributed by atoms with Crippen molar-refractivity contribution in [3.63, 3.8) is 0 Å². The van der Waals surface area contributed by atoms with E-state index in [-0.39, 0.29) is 5.91 Å². The number of likely N-dealkylation sites (N-methyl/N-ethyl adjacent to an activating group) is 1. The first kappa shape index (κ1) is 13.1. The van der Waals surface area contributed by atoms with Crippen LogP contribution in [0, 0.1) is 0 Å². The van der Waals surface area contributed by atoms with Gasteiger partial charge in [0.15, 0.2) is 0 Å². The lowest BCUT2D eigenvalue weighted by Gasteiger charge is -2.29. The van der Waals surface area contributed by atoms with Gasteiger partial charge in [-0.2, -0.15) is 5.10 Å². The van der Waals surface area contributed by atoms with Crippen LogP contribution in [0.15, 0.2) is 12.4 Å². The van der Waals surface area contributed by atoms with Crippen molar-refractivity contribution in [2.45, 2.75) is 32.2 Å². The zero-order valence-electron chi connectivity index (χ0n) is 11.2. The van der Waals surface area contributed by atoms with Gasteiger partial charge in [-0.05, 0) is 26.3 Å². The van der Waals surface area contributed by atoms with Crippen LogP contribution < -0.4 is 5.32 Å². The molecule has 0 bridgehead atoms. The van der Waals surface area contributed by atoms with E-state index >= 15 is 0 Å². The van der Waals surface area contributed by atoms with E-state index in [1.807, 2.05) is 18.9 Å². The van der Waals surface area contributed by atoms with Crippen LogP contribution in [0.25, 0.3) is 0 Å². The summed E-state index contributed by atoms with van der Waals surface area (Å²) in [5.41, 5.74) is 0.676. The standard InChI is InChI=1S/C13H22N4O/c1-3-17(10-12-6-4-5-7-14-12)13(18)11-8-15-16(2)9-11/h8-9,12,14H,3-7,10H2,1-2H3. The number of piperidine rings is 1. The van der Waals surface area contributed by atoms with E-state index in [1.54, 1.807) is 17.1 Å². The summed E-state index contributed by atoms with van der Waals surface area (Å²) in [5.74, 6) is 0.0815. The molecule has 0 radical (unpaired) electrons. The van der Waals surface area contributed by atoms with E-state index < -0.39 is 0 Å². The SMILES string of the molecule is CCN(CC1CCCCN1)C(=O)c1cnn(C)c1. The first-order valence-corrected chi connectivity index (χ1v) is 6.72. The average Bonchev–Trinajstić information content (AvgIpc) is 2.83. The second-order valence-corrected chi connectivity index (χ2v) is 4.89. The Balaban J connectivity index is 1.97. The van der Waals surface area contributed by atoms with Gasteiger partial charge in [0.2, 0.25) is 0 Å². The molecule has 1 fully saturated rings. The van der Waals surface area contributed by atoms with E-state index in [0.717, 1.165) is 26.1 Å². The molecular formula is C13H22N4O. The van der Waals surface area contributed by atoms with Crippen LogP contribution in [0.4, 0.5) is 0 Å². The van der Waals surface area contributed by atoms with Gasteiger partial charge < -0.3 is 10.2 Å². The molecule has 1 unspecified atom stereocenters. The van der Waals surface area contributed by atoms with Crippen molar-refractivity contribution in [1.29, 1.82) is 0 Å². The normalized spacial score (nSPS) is 19.8. The summed E-state index contributed by atoms with van der Waals surface area (Å²) in [7, 11) is 1.83. The minimum atomic E-state index is 0.0815. The van der Waals surface area contributed by atoms with Gasteiger partial charge in [-0.3, -0.25) is 9.48 Å². The topological polar surface area (TPSA) is 50.2 Å². The predicted octanol–water partition coefficient (Wildman–Crippen LogP) is 1.02. The highest BCUT2D eigenvalue weighted by Crippen LogP contribution is 2.10. The number of nitrogens with zero attached hydrogens (tertiary/aromatic N) is 3. The first-order chi connectivity index (χ1) is 8.70. The second kappa shape index (κ2) is 6.00. The van der Waals surface area contributed by atoms with Crippen LogP contribution in [0.1, 0.15) is 36.5 Å². The molecule has 1 aromatic heterocycles. The fourth-order valence-corrected chi connectivity index (χ4v) is 2.42. The number of aromatic nitrogens is 2. The Morgan fingerprint density at radius 3 is 3.00 bits per heavy atom. The van der Waals surface area contributed by atoms with Crippen molar-refractivity contribution in [1.82, 2.24) is 20.0 Å². The lowest BCUT2D eigenvalue weighted by molar-refractivity contribution is 0.0741. The predicted molar refractivity (Wildman–Crippen MR) is 70.4 cm³/mol. The van der Waals surface area contributed by atoms with Crippen LogP contribution in [0.5, 0.6) is 0 Å². The smallest absolute Gasteiger partial charge is 0.257 e. The molecule has 2 rings (SSSR count). The maximum atomic E-state index is 12.3. The molecule has 1 aliphatic heterocycles. The Morgan fingerprint density at radius 1 is 1.61 bits per heavy atom. The monoisotopic (exact) mass is 250 g/mol. The highest BCUT2D eigenvalue weighted by molar-refractivity contribution is 5.93. The molecule has 2 heterocycles. The minimum absolute atomic E-state index is 0.0815. The maximum Gasteiger partial charge on any atom is 0.257 e. The summed E-state index contributed by atoms with van der Waals surface area (Å²) in [5, 5.41) is 7.54. The van der Waals surface area contributed by atoms with Gasteiger partial charge in [0.1, 0.15) is 0 Å². The summed E-state index contributed by atoms with van der Waals surface area (Å²) in [6.07, 6.45) is 7.09. The van der Waals surface area contributed by atoms with Crippen molar-refractivity contribution >= 4 is 5.91 Å². The third kappa shape index (κ3) is 3.10. The Bertz CT molecular complexity index is 395. The lowest BCUT2D eigenvalue weighted by atomic mass is 10.0. The highest BCUT2D eigenvalue weighted by atomic mass is 16.2. The van der Waals surface area contributed by atoms with Crippen LogP contribution >= 0.6 is 0 Å². The number of nitrogens with one attached hydrogen (secondary N) is 1. The maximum absolute atomic E-state index is 12.3. The minimum Gasteiger partial charge on any atom is -0.337 e. The molecule has 0 aromatic carbocycles. The van der Waals surface area contributed by atoms with E-state index in [9.17, 15) is 4.79 Å². The lowest BCUT2D eigenvalue weighted by Crippen LogP contribution is -2.45. The fourth-order valence-electron chi connectivity index (χ4n) is 2.42. The summed E-state index contributed by atoms with van der Waals surface area (Å²) in [6.45, 7) is 4.64. The summed E-state index contributed by atoms with van der Waals surface area (Å²) < 4.78 is 1.67. The molecule has 1 amide bonds. The van der Waals surface area contributed by atoms with E-state index in [0.29, 0.717) is 11.6 Å². The molecule has 1 aromatic rings. The number of amides is 1. The van der Waals surface area contributed by atoms with Gasteiger partial charge >= 0.3 is 0 Å². The molecule has 18 heavy (non-hydrogen) atoms. The number of carbonyl (C=O) groups is 1. The highest BCUT2D eigenvalue weighted by Gasteiger charge is 2.21. The van der Waals surface area contributed by atoms with Gasteiger partial charge in [-0.25, -0.2) is 0 Å². The largest absolute Gasteiger partial charge is 0.337 e. The van der Waals surface area contributed by atoms with Gasteiger partial charge in [-0.1, -0.05) is 6.42 Å². The van der Waals surface area contributed by atoms with Crippen molar-refractivity contribution in [2.75, 3.05) is 19.6 Å². The van der Waals surface area contributed by atoms with Crippen molar-refractivity contribution in [3.05, 3.63) is 18.0 Å². The number of hydrogen-bond donors (Lipinski definition) is 1. The Hall–Kier alpha value is -1.36. The fraction of sp³-hybridized carbons (Fsp3) is 0.692. The summed E-state index contributed by atoms with van der Waals surface area (Å²) >= 11 is 0. The van der Waals surface area contributed by atoms with Crippen LogP contribution in [-0.2, 0) is 7.05 Å². The molecule has 5 nitrogen and oxygen atoms in total. The molecule has 0 aliphatic carbocycles. The van der Waals surface area contributed by atoms with Crippen LogP contribution in [0.3, 0.4) is 0 Å². The quantitative estimate of drug-likeness (QED) is 0.868. The Labute approximate surface area is 108 Å². The molecule has 5 heteroatoms. The van der Waals surface area contributed by atoms with Gasteiger partial charge in [0.25, 0.3) is 5.91 Å². The zero-order chi connectivity index (χ0) is 13.0. The van der Waals surface area contributed by atoms with Gasteiger partial charge in [-0.15, -0.1) is 0 Å². The van der Waals surface area contributed by atoms with Crippen molar-refractivity contribution in [3.8, 4) is 0 Å². The van der Waals surface area contributed by atoms with E-state index in [4.69, 9.17) is 0 Å². The summed E-state index contributed by atoms with van der Waals surface area (Å²) in [4.78, 5) is 14.2. The first-order valence-electron chi connectivity index (χ1n) is 6.72. The molecule has 1 N–H and O–H groups in total. The number of aryl methyl sites for hydroxylation is 1. The molecular weight excluding hydrogens is 228 g/mol. The van der Waals surface area contributed by atoms with Gasteiger partial charge in [0.05, 0.1) is 11.8 Å². The third-order valence-corrected chi connectivity index (χ3v) is 3.47. The average molecular weight is 250 g/mol. The third-order valence-electron chi connectivity index (χ3n) is 3.47. The number of carbonyl (C=O) groups excluding carboxylic acids is 1. The van der Waals surface area contributed by atoms with Crippen LogP contribution in [0.2, 0.25) is 0 Å². The molecule has 100 valence electrons. The zero-order valence-corrected chi connectivity index (χ0v) is 11.2.